The first-order chi connectivity index (χ1) is 13.2. The van der Waals surface area contributed by atoms with Gasteiger partial charge in [0.15, 0.2) is 0 Å². The minimum Gasteiger partial charge on any atom is -0.496 e. The summed E-state index contributed by atoms with van der Waals surface area (Å²) in [7, 11) is 1.48. The summed E-state index contributed by atoms with van der Waals surface area (Å²) in [4.78, 5) is 28.8. The fourth-order valence-electron chi connectivity index (χ4n) is 2.54. The van der Waals surface area contributed by atoms with Crippen molar-refractivity contribution < 1.29 is 19.1 Å². The fraction of sp³-hybridized carbons (Fsp3) is 0.444. The van der Waals surface area contributed by atoms with E-state index >= 15 is 0 Å². The van der Waals surface area contributed by atoms with Gasteiger partial charge in [-0.2, -0.15) is 10.1 Å². The van der Waals surface area contributed by atoms with Gasteiger partial charge in [0.05, 0.1) is 25.3 Å². The van der Waals surface area contributed by atoms with Crippen LogP contribution in [0.15, 0.2) is 23.2 Å². The first-order valence-electron chi connectivity index (χ1n) is 8.61. The van der Waals surface area contributed by atoms with E-state index in [0.29, 0.717) is 22.1 Å². The summed E-state index contributed by atoms with van der Waals surface area (Å²) in [6.07, 6.45) is -0.463. The van der Waals surface area contributed by atoms with Gasteiger partial charge in [-0.1, -0.05) is 43.7 Å². The number of hydrogen-bond donors (Lipinski definition) is 1. The highest BCUT2D eigenvalue weighted by Gasteiger charge is 2.26. The molecule has 1 N–H and O–H groups in total. The third kappa shape index (κ3) is 4.53. The van der Waals surface area contributed by atoms with Gasteiger partial charge in [0, 0.05) is 10.4 Å². The number of hydrogen-bond acceptors (Lipinski definition) is 6. The number of aromatic nitrogens is 2. The molecule has 1 aliphatic heterocycles. The maximum absolute atomic E-state index is 12.8. The van der Waals surface area contributed by atoms with Crippen LogP contribution in [0.4, 0.5) is 4.79 Å². The Bertz CT molecular complexity index is 977. The monoisotopic (exact) mass is 424 g/mol. The van der Waals surface area contributed by atoms with Crippen molar-refractivity contribution in [2.45, 2.75) is 38.8 Å². The molecule has 0 unspecified atom stereocenters. The molecule has 1 atom stereocenters. The van der Waals surface area contributed by atoms with Crippen molar-refractivity contribution in [3.05, 3.63) is 38.6 Å². The van der Waals surface area contributed by atoms with E-state index in [4.69, 9.17) is 21.1 Å². The van der Waals surface area contributed by atoms with E-state index in [1.54, 1.807) is 16.8 Å². The number of carbonyl (C=O) groups excluding carboxylic acids is 2. The van der Waals surface area contributed by atoms with Crippen molar-refractivity contribution in [1.29, 1.82) is 0 Å². The van der Waals surface area contributed by atoms with Crippen molar-refractivity contribution in [3.63, 3.8) is 0 Å². The molecule has 150 valence electrons. The molecule has 1 fully saturated rings. The Morgan fingerprint density at radius 2 is 2.25 bits per heavy atom. The maximum atomic E-state index is 12.8. The van der Waals surface area contributed by atoms with Gasteiger partial charge in [-0.15, -0.1) is 0 Å². The second-order valence-electron chi connectivity index (χ2n) is 7.32. The minimum absolute atomic E-state index is 0.216. The number of nitrogens with zero attached hydrogens (tertiary/aromatic N) is 3. The van der Waals surface area contributed by atoms with Crippen molar-refractivity contribution in [1.82, 2.24) is 15.1 Å². The van der Waals surface area contributed by atoms with E-state index in [1.807, 2.05) is 20.8 Å². The van der Waals surface area contributed by atoms with Crippen LogP contribution in [0.25, 0.3) is 0 Å². The van der Waals surface area contributed by atoms with Crippen LogP contribution in [0.5, 0.6) is 5.75 Å². The predicted octanol–water partition coefficient (Wildman–Crippen LogP) is 2.75. The Morgan fingerprint density at radius 1 is 1.50 bits per heavy atom. The van der Waals surface area contributed by atoms with Gasteiger partial charge in [-0.25, -0.2) is 9.48 Å². The van der Waals surface area contributed by atoms with E-state index in [-0.39, 0.29) is 23.6 Å². The maximum Gasteiger partial charge on any atom is 0.407 e. The highest BCUT2D eigenvalue weighted by atomic mass is 35.5. The lowest BCUT2D eigenvalue weighted by Crippen LogP contribution is -2.34. The molecule has 28 heavy (non-hydrogen) atoms. The largest absolute Gasteiger partial charge is 0.496 e. The molecule has 2 heterocycles. The van der Waals surface area contributed by atoms with E-state index in [1.165, 1.54) is 24.5 Å². The number of rotatable bonds is 4. The van der Waals surface area contributed by atoms with Crippen molar-refractivity contribution >= 4 is 34.9 Å². The second-order valence-corrected chi connectivity index (χ2v) is 8.72. The molecule has 1 aliphatic rings. The van der Waals surface area contributed by atoms with Gasteiger partial charge in [0.25, 0.3) is 5.91 Å². The van der Waals surface area contributed by atoms with Crippen molar-refractivity contribution in [2.75, 3.05) is 13.7 Å². The highest BCUT2D eigenvalue weighted by molar-refractivity contribution is 7.09. The number of nitrogens with one attached hydrogen (secondary N) is 1. The van der Waals surface area contributed by atoms with Crippen molar-refractivity contribution in [3.8, 4) is 5.75 Å². The van der Waals surface area contributed by atoms with Crippen LogP contribution in [0.3, 0.4) is 0 Å². The minimum atomic E-state index is -0.482. The molecule has 1 saturated heterocycles. The molecule has 10 heteroatoms. The quantitative estimate of drug-likeness (QED) is 0.814. The lowest BCUT2D eigenvalue weighted by molar-refractivity contribution is 0.0994. The van der Waals surface area contributed by atoms with Crippen LogP contribution in [0.1, 0.15) is 36.1 Å². The van der Waals surface area contributed by atoms with Crippen LogP contribution in [0, 0.1) is 0 Å². The number of benzene rings is 1. The molecule has 0 bridgehead atoms. The molecular weight excluding hydrogens is 404 g/mol. The molecule has 0 saturated carbocycles. The van der Waals surface area contributed by atoms with E-state index < -0.39 is 12.0 Å². The van der Waals surface area contributed by atoms with Gasteiger partial charge < -0.3 is 14.8 Å². The second kappa shape index (κ2) is 7.92. The van der Waals surface area contributed by atoms with Gasteiger partial charge in [0.1, 0.15) is 17.4 Å². The highest BCUT2D eigenvalue weighted by Crippen LogP contribution is 2.24. The third-order valence-corrected chi connectivity index (χ3v) is 5.59. The molecule has 0 aliphatic carbocycles. The zero-order chi connectivity index (χ0) is 20.5. The average Bonchev–Trinajstić information content (AvgIpc) is 3.21. The molecular formula is C18H21ClN4O4S. The molecule has 8 nitrogen and oxygen atoms in total. The number of carbonyl (C=O) groups is 2. The van der Waals surface area contributed by atoms with Crippen LogP contribution in [-0.2, 0) is 16.7 Å². The number of ether oxygens (including phenoxy) is 2. The summed E-state index contributed by atoms with van der Waals surface area (Å²) in [5.74, 6) is -0.0920. The summed E-state index contributed by atoms with van der Waals surface area (Å²) >= 11 is 7.35. The number of amides is 2. The first kappa shape index (κ1) is 20.3. The molecule has 1 aromatic carbocycles. The van der Waals surface area contributed by atoms with E-state index in [2.05, 4.69) is 15.4 Å². The van der Waals surface area contributed by atoms with Crippen LogP contribution < -0.4 is 14.9 Å². The Kier molecular flexibility index (Phi) is 5.76. The smallest absolute Gasteiger partial charge is 0.407 e. The topological polar surface area (TPSA) is 94.8 Å². The van der Waals surface area contributed by atoms with Crippen LogP contribution in [0.2, 0.25) is 5.02 Å². The lowest BCUT2D eigenvalue weighted by Gasteiger charge is -2.13. The van der Waals surface area contributed by atoms with Gasteiger partial charge in [0.2, 0.25) is 4.80 Å². The van der Waals surface area contributed by atoms with Gasteiger partial charge >= 0.3 is 6.09 Å². The normalized spacial score (nSPS) is 17.4. The third-order valence-electron chi connectivity index (χ3n) is 3.98. The molecule has 2 aromatic rings. The number of alkyl carbamates (subject to hydrolysis) is 1. The molecule has 1 aromatic heterocycles. The standard InChI is InChI=1S/C18H21ClN4O4S/c1-18(2,3)15-22-23(8-11-9-27-17(25)20-11)16(28-15)21-14(24)12-7-10(19)5-6-13(12)26-4/h5-7,11H,8-9H2,1-4H3,(H,20,25)/b21-16-/t11-/m0/s1. The lowest BCUT2D eigenvalue weighted by atomic mass is 9.98. The molecule has 0 radical (unpaired) electrons. The zero-order valence-corrected chi connectivity index (χ0v) is 17.6. The summed E-state index contributed by atoms with van der Waals surface area (Å²) in [5.41, 5.74) is 0.0524. The molecule has 0 spiro atoms. The van der Waals surface area contributed by atoms with E-state index in [0.717, 1.165) is 5.01 Å². The zero-order valence-electron chi connectivity index (χ0n) is 16.0. The molecule has 2 amide bonds. The number of methoxy groups -OCH3 is 1. The Hall–Kier alpha value is -2.39. The fourth-order valence-corrected chi connectivity index (χ4v) is 3.68. The predicted molar refractivity (Wildman–Crippen MR) is 105 cm³/mol. The number of halogens is 1. The Balaban J connectivity index is 2.01. The Morgan fingerprint density at radius 3 is 2.86 bits per heavy atom. The average molecular weight is 425 g/mol. The Labute approximate surface area is 171 Å². The first-order valence-corrected chi connectivity index (χ1v) is 9.81. The summed E-state index contributed by atoms with van der Waals surface area (Å²) in [6, 6.07) is 4.55. The summed E-state index contributed by atoms with van der Waals surface area (Å²) < 4.78 is 11.8. The molecule has 3 rings (SSSR count). The SMILES string of the molecule is COc1ccc(Cl)cc1C(=O)/N=c1\sc(C(C)(C)C)nn1C[C@H]1COC(=O)N1. The van der Waals surface area contributed by atoms with Gasteiger partial charge in [-0.05, 0) is 18.2 Å². The van der Waals surface area contributed by atoms with Crippen molar-refractivity contribution in [2.24, 2.45) is 4.99 Å². The summed E-state index contributed by atoms with van der Waals surface area (Å²) in [5, 5.41) is 8.54. The van der Waals surface area contributed by atoms with Crippen LogP contribution >= 0.6 is 22.9 Å². The van der Waals surface area contributed by atoms with Gasteiger partial charge in [-0.3, -0.25) is 4.79 Å². The number of cyclic esters (lactones) is 1. The van der Waals surface area contributed by atoms with Crippen LogP contribution in [-0.4, -0.2) is 41.5 Å². The summed E-state index contributed by atoms with van der Waals surface area (Å²) in [6.45, 7) is 6.67. The van der Waals surface area contributed by atoms with E-state index in [9.17, 15) is 9.59 Å².